The van der Waals surface area contributed by atoms with Crippen LogP contribution in [-0.2, 0) is 11.2 Å². The van der Waals surface area contributed by atoms with Crippen molar-refractivity contribution < 1.29 is 15.0 Å². The molecule has 0 radical (unpaired) electrons. The number of nitrogens with two attached hydrogens (primary N) is 1. The van der Waals surface area contributed by atoms with Crippen LogP contribution < -0.4 is 5.73 Å². The van der Waals surface area contributed by atoms with Crippen molar-refractivity contribution in [1.82, 2.24) is 0 Å². The number of rotatable bonds is 6. The average Bonchev–Trinajstić information content (AvgIpc) is 2.28. The summed E-state index contributed by atoms with van der Waals surface area (Å²) < 4.78 is 0. The normalized spacial score (nSPS) is 16.2. The number of carboxylic acids is 1. The molecule has 0 fully saturated rings. The molecule has 2 atom stereocenters. The van der Waals surface area contributed by atoms with E-state index in [1.165, 1.54) is 6.92 Å². The number of carbonyl (C=O) groups is 1. The fourth-order valence-corrected chi connectivity index (χ4v) is 1.59. The van der Waals surface area contributed by atoms with Crippen LogP contribution in [0.15, 0.2) is 30.3 Å². The van der Waals surface area contributed by atoms with E-state index in [9.17, 15) is 9.90 Å². The van der Waals surface area contributed by atoms with E-state index in [-0.39, 0.29) is 12.5 Å². The van der Waals surface area contributed by atoms with Gasteiger partial charge in [0.15, 0.2) is 5.60 Å². The number of benzene rings is 1. The molecule has 94 valence electrons. The van der Waals surface area contributed by atoms with Crippen molar-refractivity contribution in [2.24, 2.45) is 5.73 Å². The van der Waals surface area contributed by atoms with Crippen LogP contribution in [0.4, 0.5) is 0 Å². The minimum Gasteiger partial charge on any atom is -0.479 e. The van der Waals surface area contributed by atoms with Crippen LogP contribution in [0.3, 0.4) is 0 Å². The lowest BCUT2D eigenvalue weighted by Gasteiger charge is -2.20. The minimum absolute atomic E-state index is 0.136. The molecule has 0 aliphatic rings. The van der Waals surface area contributed by atoms with Crippen LogP contribution in [0.2, 0.25) is 0 Å². The van der Waals surface area contributed by atoms with Crippen molar-refractivity contribution in [2.75, 3.05) is 0 Å². The Kier molecular flexibility index (Phi) is 4.66. The summed E-state index contributed by atoms with van der Waals surface area (Å²) in [6.45, 7) is 1.30. The summed E-state index contributed by atoms with van der Waals surface area (Å²) in [5.41, 5.74) is 5.34. The van der Waals surface area contributed by atoms with Gasteiger partial charge in [-0.2, -0.15) is 0 Å². The largest absolute Gasteiger partial charge is 0.479 e. The number of hydrogen-bond acceptors (Lipinski definition) is 3. The lowest BCUT2D eigenvalue weighted by Crippen LogP contribution is -2.37. The predicted octanol–water partition coefficient (Wildman–Crippen LogP) is 1.17. The van der Waals surface area contributed by atoms with Gasteiger partial charge in [-0.05, 0) is 31.7 Å². The average molecular weight is 237 g/mol. The molecule has 4 heteroatoms. The Bertz CT molecular complexity index is 362. The van der Waals surface area contributed by atoms with E-state index in [0.717, 1.165) is 5.56 Å². The Balaban J connectivity index is 2.41. The Labute approximate surface area is 101 Å². The van der Waals surface area contributed by atoms with Crippen molar-refractivity contribution >= 4 is 5.97 Å². The Hall–Kier alpha value is -1.39. The third-order valence-corrected chi connectivity index (χ3v) is 2.80. The van der Waals surface area contributed by atoms with E-state index in [1.807, 2.05) is 30.3 Å². The molecule has 0 saturated heterocycles. The van der Waals surface area contributed by atoms with Crippen molar-refractivity contribution in [1.29, 1.82) is 0 Å². The van der Waals surface area contributed by atoms with Gasteiger partial charge in [-0.3, -0.25) is 0 Å². The molecule has 0 aromatic heterocycles. The number of hydrogen-bond donors (Lipinski definition) is 3. The molecule has 2 unspecified atom stereocenters. The first-order valence-electron chi connectivity index (χ1n) is 5.67. The van der Waals surface area contributed by atoms with Gasteiger partial charge in [0.25, 0.3) is 0 Å². The highest BCUT2D eigenvalue weighted by Crippen LogP contribution is 2.15. The van der Waals surface area contributed by atoms with Crippen LogP contribution in [0.25, 0.3) is 0 Å². The Morgan fingerprint density at radius 2 is 2.00 bits per heavy atom. The maximum absolute atomic E-state index is 10.7. The van der Waals surface area contributed by atoms with E-state index < -0.39 is 11.6 Å². The molecular formula is C13H19NO3. The Morgan fingerprint density at radius 1 is 1.41 bits per heavy atom. The third kappa shape index (κ3) is 4.54. The minimum atomic E-state index is -1.69. The van der Waals surface area contributed by atoms with Gasteiger partial charge < -0.3 is 15.9 Å². The van der Waals surface area contributed by atoms with Crippen molar-refractivity contribution in [2.45, 2.75) is 37.8 Å². The van der Waals surface area contributed by atoms with Gasteiger partial charge in [-0.1, -0.05) is 30.3 Å². The summed E-state index contributed by atoms with van der Waals surface area (Å²) in [7, 11) is 0. The monoisotopic (exact) mass is 237 g/mol. The zero-order chi connectivity index (χ0) is 12.9. The van der Waals surface area contributed by atoms with Crippen LogP contribution in [0.5, 0.6) is 0 Å². The molecule has 0 heterocycles. The first-order valence-corrected chi connectivity index (χ1v) is 5.67. The van der Waals surface area contributed by atoms with Gasteiger partial charge >= 0.3 is 5.97 Å². The fraction of sp³-hybridized carbons (Fsp3) is 0.462. The van der Waals surface area contributed by atoms with Gasteiger partial charge in [-0.15, -0.1) is 0 Å². The van der Waals surface area contributed by atoms with E-state index >= 15 is 0 Å². The van der Waals surface area contributed by atoms with Gasteiger partial charge in [0, 0.05) is 6.04 Å². The predicted molar refractivity (Wildman–Crippen MR) is 65.6 cm³/mol. The zero-order valence-corrected chi connectivity index (χ0v) is 9.97. The first-order chi connectivity index (χ1) is 7.92. The standard InChI is InChI=1S/C13H19NO3/c1-13(17,12(15)16)8-7-11(14)9-10-5-3-2-4-6-10/h2-6,11,17H,7-9,14H2,1H3,(H,15,16). The number of carboxylic acid groups (broad SMARTS) is 1. The molecule has 4 N–H and O–H groups in total. The Morgan fingerprint density at radius 3 is 2.53 bits per heavy atom. The SMILES string of the molecule is CC(O)(CCC(N)Cc1ccccc1)C(=O)O. The molecule has 0 amide bonds. The molecule has 0 aliphatic heterocycles. The molecule has 1 aromatic rings. The highest BCUT2D eigenvalue weighted by atomic mass is 16.4. The second-order valence-corrected chi connectivity index (χ2v) is 4.57. The quantitative estimate of drug-likeness (QED) is 0.693. The summed E-state index contributed by atoms with van der Waals surface area (Å²) in [6.07, 6.45) is 1.33. The molecule has 0 aliphatic carbocycles. The highest BCUT2D eigenvalue weighted by Gasteiger charge is 2.29. The van der Waals surface area contributed by atoms with Crippen LogP contribution >= 0.6 is 0 Å². The van der Waals surface area contributed by atoms with Crippen LogP contribution in [0, 0.1) is 0 Å². The van der Waals surface area contributed by atoms with Crippen molar-refractivity contribution in [3.05, 3.63) is 35.9 Å². The molecular weight excluding hydrogens is 218 g/mol. The summed E-state index contributed by atoms with van der Waals surface area (Å²) in [4.78, 5) is 10.7. The number of aliphatic carboxylic acids is 1. The summed E-state index contributed by atoms with van der Waals surface area (Å²) >= 11 is 0. The van der Waals surface area contributed by atoms with Gasteiger partial charge in [0.05, 0.1) is 0 Å². The van der Waals surface area contributed by atoms with Crippen molar-refractivity contribution in [3.63, 3.8) is 0 Å². The highest BCUT2D eigenvalue weighted by molar-refractivity contribution is 5.76. The lowest BCUT2D eigenvalue weighted by atomic mass is 9.94. The molecule has 0 spiro atoms. The summed E-state index contributed by atoms with van der Waals surface area (Å²) in [6, 6.07) is 9.64. The maximum Gasteiger partial charge on any atom is 0.335 e. The molecule has 4 nitrogen and oxygen atoms in total. The second-order valence-electron chi connectivity index (χ2n) is 4.57. The topological polar surface area (TPSA) is 83.5 Å². The van der Waals surface area contributed by atoms with Gasteiger partial charge in [0.1, 0.15) is 0 Å². The zero-order valence-electron chi connectivity index (χ0n) is 9.97. The van der Waals surface area contributed by atoms with Crippen LogP contribution in [-0.4, -0.2) is 27.8 Å². The molecule has 1 rings (SSSR count). The van der Waals surface area contributed by atoms with Gasteiger partial charge in [0.2, 0.25) is 0 Å². The fourth-order valence-electron chi connectivity index (χ4n) is 1.59. The summed E-state index contributed by atoms with van der Waals surface area (Å²) in [5.74, 6) is -1.20. The summed E-state index contributed by atoms with van der Waals surface area (Å²) in [5, 5.41) is 18.3. The second kappa shape index (κ2) is 5.80. The van der Waals surface area contributed by atoms with Crippen molar-refractivity contribution in [3.8, 4) is 0 Å². The van der Waals surface area contributed by atoms with E-state index in [2.05, 4.69) is 0 Å². The smallest absolute Gasteiger partial charge is 0.335 e. The lowest BCUT2D eigenvalue weighted by molar-refractivity contribution is -0.157. The van der Waals surface area contributed by atoms with Crippen LogP contribution in [0.1, 0.15) is 25.3 Å². The maximum atomic E-state index is 10.7. The number of aliphatic hydroxyl groups is 1. The molecule has 1 aromatic carbocycles. The molecule has 0 bridgehead atoms. The van der Waals surface area contributed by atoms with E-state index in [0.29, 0.717) is 12.8 Å². The molecule has 0 saturated carbocycles. The van der Waals surface area contributed by atoms with E-state index in [4.69, 9.17) is 10.8 Å². The third-order valence-electron chi connectivity index (χ3n) is 2.80. The molecule has 17 heavy (non-hydrogen) atoms. The first kappa shape index (κ1) is 13.7. The van der Waals surface area contributed by atoms with E-state index in [1.54, 1.807) is 0 Å². The van der Waals surface area contributed by atoms with Gasteiger partial charge in [-0.25, -0.2) is 4.79 Å².